The van der Waals surface area contributed by atoms with E-state index in [0.717, 1.165) is 6.07 Å². The third-order valence-corrected chi connectivity index (χ3v) is 7.34. The van der Waals surface area contributed by atoms with E-state index >= 15 is 0 Å². The Hall–Kier alpha value is -5.66. The van der Waals surface area contributed by atoms with E-state index in [-0.39, 0.29) is 70.9 Å². The molecule has 0 radical (unpaired) electrons. The third-order valence-electron chi connectivity index (χ3n) is 7.34. The maximum absolute atomic E-state index is 9.75. The summed E-state index contributed by atoms with van der Waals surface area (Å²) in [6.07, 6.45) is 0. The van der Waals surface area contributed by atoms with Crippen molar-refractivity contribution in [1.82, 2.24) is 0 Å². The molecule has 1 heteroatoms. The van der Waals surface area contributed by atoms with Crippen molar-refractivity contribution in [3.05, 3.63) is 157 Å². The van der Waals surface area contributed by atoms with Crippen LogP contribution in [0.4, 0.5) is 0 Å². The normalized spacial score (nSPS) is 18.6. The fourth-order valence-electron chi connectivity index (χ4n) is 5.51. The molecule has 0 atom stereocenters. The van der Waals surface area contributed by atoms with Crippen molar-refractivity contribution in [1.29, 1.82) is 0 Å². The van der Waals surface area contributed by atoms with Crippen LogP contribution in [0.3, 0.4) is 0 Å². The Kier molecular flexibility index (Phi) is 2.46. The van der Waals surface area contributed by atoms with Crippen molar-refractivity contribution in [3.63, 3.8) is 0 Å². The SMILES string of the molecule is [2H]c1cc2c(-c3c([2H])c([2H])c([2H])c(-c4c([2H])c([2H])c([2H])c5c([2H])c([2H])c([2H])cc45)c3[2H])c3cc([2H])c([2H])cc3c(-c3c([2H])c([2H])c4oc5c([2H])c([2H])c([2H])c([2H])c5c4c3[2H])c2cc1[2H]. The summed E-state index contributed by atoms with van der Waals surface area (Å²) in [7, 11) is 0. The van der Waals surface area contributed by atoms with Gasteiger partial charge in [-0.15, -0.1) is 0 Å². The van der Waals surface area contributed by atoms with Gasteiger partial charge in [0.25, 0.3) is 0 Å². The summed E-state index contributed by atoms with van der Waals surface area (Å²) in [4.78, 5) is 0. The van der Waals surface area contributed by atoms with Gasteiger partial charge in [-0.3, -0.25) is 0 Å². The lowest BCUT2D eigenvalue weighted by Gasteiger charge is -2.18. The van der Waals surface area contributed by atoms with Crippen molar-refractivity contribution >= 4 is 54.3 Å². The average molecular weight is 568 g/mol. The van der Waals surface area contributed by atoms with Gasteiger partial charge in [0.1, 0.15) is 11.2 Å². The van der Waals surface area contributed by atoms with Gasteiger partial charge in [-0.1, -0.05) is 133 Å². The number of fused-ring (bicyclic) bond motifs is 6. The molecule has 1 aromatic heterocycles. The second kappa shape index (κ2) is 9.44. The molecule has 8 aromatic carbocycles. The fourth-order valence-corrected chi connectivity index (χ4v) is 5.51. The van der Waals surface area contributed by atoms with Crippen molar-refractivity contribution in [3.8, 4) is 33.4 Å². The summed E-state index contributed by atoms with van der Waals surface area (Å²) in [6.45, 7) is 0. The molecule has 0 saturated heterocycles. The highest BCUT2D eigenvalue weighted by Gasteiger charge is 2.18. The zero-order chi connectivity index (χ0) is 46.6. The molecule has 200 valence electrons. The predicted molar refractivity (Wildman–Crippen MR) is 183 cm³/mol. The van der Waals surface area contributed by atoms with Crippen LogP contribution in [0.25, 0.3) is 87.6 Å². The van der Waals surface area contributed by atoms with Gasteiger partial charge in [-0.25, -0.2) is 0 Å². The molecule has 0 unspecified atom stereocenters. The molecular weight excluding hydrogens is 520 g/mol. The quantitative estimate of drug-likeness (QED) is 0.194. The molecule has 9 rings (SSSR count). The van der Waals surface area contributed by atoms with Gasteiger partial charge in [-0.2, -0.15) is 0 Å². The Morgan fingerprint density at radius 2 is 0.930 bits per heavy atom. The van der Waals surface area contributed by atoms with E-state index in [4.69, 9.17) is 27.7 Å². The highest BCUT2D eigenvalue weighted by molar-refractivity contribution is 6.22. The Morgan fingerprint density at radius 3 is 1.70 bits per heavy atom. The first kappa shape index (κ1) is 11.2. The van der Waals surface area contributed by atoms with Crippen LogP contribution in [0.5, 0.6) is 0 Å². The first-order valence-electron chi connectivity index (χ1n) is 23.5. The van der Waals surface area contributed by atoms with Crippen molar-refractivity contribution in [2.45, 2.75) is 0 Å². The molecule has 0 spiro atoms. The van der Waals surface area contributed by atoms with Gasteiger partial charge in [0.15, 0.2) is 0 Å². The van der Waals surface area contributed by atoms with Crippen molar-refractivity contribution < 1.29 is 33.2 Å². The van der Waals surface area contributed by atoms with Crippen molar-refractivity contribution in [2.24, 2.45) is 0 Å². The number of hydrogen-bond donors (Lipinski definition) is 0. The zero-order valence-electron chi connectivity index (χ0n) is 42.8. The van der Waals surface area contributed by atoms with Crippen LogP contribution in [0.2, 0.25) is 0 Å². The van der Waals surface area contributed by atoms with E-state index in [9.17, 15) is 5.48 Å². The number of para-hydroxylation sites is 1. The van der Waals surface area contributed by atoms with Gasteiger partial charge in [0.05, 0.1) is 28.8 Å². The van der Waals surface area contributed by atoms with E-state index in [1.54, 1.807) is 0 Å². The number of rotatable bonds is 3. The lowest BCUT2D eigenvalue weighted by atomic mass is 9.85. The van der Waals surface area contributed by atoms with Crippen molar-refractivity contribution in [2.75, 3.05) is 0 Å². The topological polar surface area (TPSA) is 13.1 Å². The number of benzene rings is 8. The monoisotopic (exact) mass is 567 g/mol. The Balaban J connectivity index is 1.51. The van der Waals surface area contributed by atoms with Gasteiger partial charge >= 0.3 is 0 Å². The maximum Gasteiger partial charge on any atom is 0.135 e. The molecular formula is C42H26O. The van der Waals surface area contributed by atoms with Gasteiger partial charge in [0, 0.05) is 10.8 Å². The summed E-state index contributed by atoms with van der Waals surface area (Å²) in [5, 5.41) is -1.24. The summed E-state index contributed by atoms with van der Waals surface area (Å²) in [5.41, 5.74) is -2.69. The van der Waals surface area contributed by atoms with E-state index in [1.165, 1.54) is 24.3 Å². The molecule has 0 N–H and O–H groups in total. The van der Waals surface area contributed by atoms with Crippen LogP contribution in [0, 0.1) is 0 Å². The maximum atomic E-state index is 9.75. The standard InChI is InChI=1S/C42H26O/c1-2-15-31-27(11-1)12-10-21-32(31)28-13-9-14-29(25-28)41-34-17-3-5-19-36(34)42(37-20-6-4-18-35(37)41)30-23-24-40-38(26-30)33-16-7-8-22-39(33)43-40/h1-26H/i1D,2D,3D,4D,5D,6D,7D,8D,9D,10D,11D,12D,13D,14D,16D,21D,22D,23D,24D,25D,26D. The minimum atomic E-state index is -0.802. The van der Waals surface area contributed by atoms with Crippen LogP contribution in [-0.4, -0.2) is 0 Å². The Morgan fingerprint density at radius 1 is 0.372 bits per heavy atom. The molecule has 43 heavy (non-hydrogen) atoms. The summed E-state index contributed by atoms with van der Waals surface area (Å²) >= 11 is 0. The number of hydrogen-bond acceptors (Lipinski definition) is 1. The lowest BCUT2D eigenvalue weighted by Crippen LogP contribution is -1.91. The second-order valence-electron chi connectivity index (χ2n) is 9.65. The van der Waals surface area contributed by atoms with Crippen LogP contribution in [0.15, 0.2) is 162 Å². The Bertz CT molecular complexity index is 3610. The summed E-state index contributed by atoms with van der Waals surface area (Å²) < 4.78 is 191. The third kappa shape index (κ3) is 3.72. The van der Waals surface area contributed by atoms with Crippen LogP contribution in [-0.2, 0) is 0 Å². The van der Waals surface area contributed by atoms with Gasteiger partial charge < -0.3 is 4.42 Å². The summed E-state index contributed by atoms with van der Waals surface area (Å²) in [5.74, 6) is 0. The van der Waals surface area contributed by atoms with Gasteiger partial charge in [0.2, 0.25) is 0 Å². The second-order valence-corrected chi connectivity index (χ2v) is 9.65. The molecule has 1 nitrogen and oxygen atoms in total. The van der Waals surface area contributed by atoms with E-state index in [0.29, 0.717) is 0 Å². The fraction of sp³-hybridized carbons (Fsp3) is 0. The van der Waals surface area contributed by atoms with Crippen LogP contribution < -0.4 is 0 Å². The molecule has 0 aliphatic heterocycles. The highest BCUT2D eigenvalue weighted by Crippen LogP contribution is 2.45. The molecule has 0 amide bonds. The molecule has 9 aromatic rings. The van der Waals surface area contributed by atoms with Crippen LogP contribution in [0.1, 0.15) is 28.8 Å². The van der Waals surface area contributed by atoms with E-state index < -0.39 is 144 Å². The smallest absolute Gasteiger partial charge is 0.135 e. The number of furan rings is 1. The minimum absolute atomic E-state index is 0.0442. The van der Waals surface area contributed by atoms with E-state index in [2.05, 4.69) is 0 Å². The first-order chi connectivity index (χ1) is 30.0. The first-order valence-corrected chi connectivity index (χ1v) is 13.0. The largest absolute Gasteiger partial charge is 0.456 e. The van der Waals surface area contributed by atoms with E-state index in [1.807, 2.05) is 0 Å². The zero-order valence-corrected chi connectivity index (χ0v) is 21.8. The highest BCUT2D eigenvalue weighted by atomic mass is 16.3. The molecule has 0 fully saturated rings. The van der Waals surface area contributed by atoms with Gasteiger partial charge in [-0.05, 0) is 89.9 Å². The van der Waals surface area contributed by atoms with Crippen LogP contribution >= 0.6 is 0 Å². The molecule has 0 aliphatic carbocycles. The average Bonchev–Trinajstić information content (AvgIpc) is 3.66. The predicted octanol–water partition coefficient (Wildman–Crippen LogP) is 12.0. The lowest BCUT2D eigenvalue weighted by molar-refractivity contribution is 0.669. The molecule has 0 saturated carbocycles. The molecule has 1 heterocycles. The Labute approximate surface area is 278 Å². The molecule has 0 bridgehead atoms. The summed E-state index contributed by atoms with van der Waals surface area (Å²) in [6, 6.07) is -6.92. The molecule has 0 aliphatic rings. The minimum Gasteiger partial charge on any atom is -0.456 e.